The molecule has 0 bridgehead atoms. The maximum Gasteiger partial charge on any atom is 0.231 e. The Balaban J connectivity index is 1.85. The quantitative estimate of drug-likeness (QED) is 0.818. The predicted octanol–water partition coefficient (Wildman–Crippen LogP) is 3.01. The second-order valence-corrected chi connectivity index (χ2v) is 5.33. The predicted molar refractivity (Wildman–Crippen MR) is 71.0 cm³/mol. The summed E-state index contributed by atoms with van der Waals surface area (Å²) < 4.78 is 12.3. The molecule has 1 aliphatic heterocycles. The summed E-state index contributed by atoms with van der Waals surface area (Å²) in [7, 11) is 0. The van der Waals surface area contributed by atoms with E-state index in [0.717, 1.165) is 11.3 Å². The number of halogens is 2. The number of hydrogen-bond acceptors (Lipinski definition) is 4. The summed E-state index contributed by atoms with van der Waals surface area (Å²) in [5.41, 5.74) is 1.71. The molecule has 0 saturated carbocycles. The van der Waals surface area contributed by atoms with Gasteiger partial charge < -0.3 is 9.47 Å². The number of alkyl halides is 1. The highest BCUT2D eigenvalue weighted by atomic mass is 35.5. The topological polar surface area (TPSA) is 49.2 Å². The average molecular weight is 300 g/mol. The van der Waals surface area contributed by atoms with Crippen LogP contribution in [0.2, 0.25) is 5.02 Å². The number of aromatic nitrogens is 3. The number of benzene rings is 1. The molecule has 7 heteroatoms. The van der Waals surface area contributed by atoms with Gasteiger partial charge in [0, 0.05) is 0 Å². The van der Waals surface area contributed by atoms with E-state index in [2.05, 4.69) is 10.3 Å². The Hall–Kier alpha value is -1.46. The average Bonchev–Trinajstić information content (AvgIpc) is 2.97. The molecule has 1 aliphatic rings. The minimum absolute atomic E-state index is 0.158. The Morgan fingerprint density at radius 1 is 1.42 bits per heavy atom. The molecule has 2 heterocycles. The highest BCUT2D eigenvalue weighted by Gasteiger charge is 2.18. The fraction of sp³-hybridized carbons (Fsp3) is 0.333. The van der Waals surface area contributed by atoms with Gasteiger partial charge in [0.2, 0.25) is 6.79 Å². The van der Waals surface area contributed by atoms with Crippen LogP contribution in [0.1, 0.15) is 23.6 Å². The van der Waals surface area contributed by atoms with Gasteiger partial charge in [0.1, 0.15) is 5.69 Å². The summed E-state index contributed by atoms with van der Waals surface area (Å²) >= 11 is 12.1. The van der Waals surface area contributed by atoms with Crippen LogP contribution in [-0.4, -0.2) is 21.8 Å². The number of rotatable bonds is 3. The van der Waals surface area contributed by atoms with Gasteiger partial charge in [-0.2, -0.15) is 0 Å². The summed E-state index contributed by atoms with van der Waals surface area (Å²) in [6.07, 6.45) is 1.82. The summed E-state index contributed by atoms with van der Waals surface area (Å²) in [6, 6.07) is 3.72. The van der Waals surface area contributed by atoms with Crippen molar-refractivity contribution < 1.29 is 9.47 Å². The molecule has 0 spiro atoms. The number of ether oxygens (including phenoxy) is 2. The highest BCUT2D eigenvalue weighted by Crippen LogP contribution is 2.39. The van der Waals surface area contributed by atoms with E-state index in [1.54, 1.807) is 4.68 Å². The zero-order valence-electron chi connectivity index (χ0n) is 10.1. The van der Waals surface area contributed by atoms with E-state index < -0.39 is 0 Å². The second kappa shape index (κ2) is 4.90. The molecule has 2 aromatic rings. The first kappa shape index (κ1) is 12.6. The largest absolute Gasteiger partial charge is 0.454 e. The monoisotopic (exact) mass is 299 g/mol. The maximum absolute atomic E-state index is 6.13. The second-order valence-electron chi connectivity index (χ2n) is 4.27. The van der Waals surface area contributed by atoms with E-state index in [1.165, 1.54) is 0 Å². The van der Waals surface area contributed by atoms with Crippen LogP contribution in [0.25, 0.3) is 0 Å². The smallest absolute Gasteiger partial charge is 0.231 e. The molecular formula is C12H11Cl2N3O2. The summed E-state index contributed by atoms with van der Waals surface area (Å²) in [4.78, 5) is 0. The van der Waals surface area contributed by atoms with Crippen LogP contribution in [0, 0.1) is 0 Å². The van der Waals surface area contributed by atoms with Crippen LogP contribution < -0.4 is 9.47 Å². The third-order valence-corrected chi connectivity index (χ3v) is 3.30. The highest BCUT2D eigenvalue weighted by molar-refractivity contribution is 6.32. The molecule has 0 fully saturated rings. The number of nitrogens with zero attached hydrogens (tertiary/aromatic N) is 3. The Bertz CT molecular complexity index is 613. The Kier molecular flexibility index (Phi) is 3.24. The van der Waals surface area contributed by atoms with Crippen LogP contribution in [0.5, 0.6) is 11.5 Å². The molecule has 19 heavy (non-hydrogen) atoms. The van der Waals surface area contributed by atoms with Crippen molar-refractivity contribution in [1.29, 1.82) is 0 Å². The van der Waals surface area contributed by atoms with E-state index in [1.807, 2.05) is 25.3 Å². The zero-order chi connectivity index (χ0) is 13.4. The molecule has 1 aromatic heterocycles. The lowest BCUT2D eigenvalue weighted by molar-refractivity contribution is 0.174. The minimum Gasteiger partial charge on any atom is -0.454 e. The van der Waals surface area contributed by atoms with E-state index in [9.17, 15) is 0 Å². The van der Waals surface area contributed by atoms with Gasteiger partial charge in [-0.1, -0.05) is 16.8 Å². The summed E-state index contributed by atoms with van der Waals surface area (Å²) in [5, 5.41) is 8.40. The maximum atomic E-state index is 6.13. The van der Waals surface area contributed by atoms with Crippen LogP contribution in [0.3, 0.4) is 0 Å². The van der Waals surface area contributed by atoms with Crippen molar-refractivity contribution >= 4 is 23.2 Å². The van der Waals surface area contributed by atoms with Crippen molar-refractivity contribution in [2.24, 2.45) is 0 Å². The van der Waals surface area contributed by atoms with Gasteiger partial charge in [-0.15, -0.1) is 16.7 Å². The fourth-order valence-corrected chi connectivity index (χ4v) is 2.26. The number of hydrogen-bond donors (Lipinski definition) is 0. The van der Waals surface area contributed by atoms with Gasteiger partial charge in [0.25, 0.3) is 0 Å². The molecule has 5 nitrogen and oxygen atoms in total. The van der Waals surface area contributed by atoms with Gasteiger partial charge >= 0.3 is 0 Å². The molecular weight excluding hydrogens is 289 g/mol. The Labute approximate surface area is 120 Å². The molecule has 1 atom stereocenters. The molecule has 1 unspecified atom stereocenters. The van der Waals surface area contributed by atoms with Crippen LogP contribution in [-0.2, 0) is 6.54 Å². The van der Waals surface area contributed by atoms with Crippen molar-refractivity contribution in [2.45, 2.75) is 18.8 Å². The summed E-state index contributed by atoms with van der Waals surface area (Å²) in [6.45, 7) is 2.61. The molecule has 0 saturated heterocycles. The Morgan fingerprint density at radius 3 is 3.00 bits per heavy atom. The number of fused-ring (bicyclic) bond motifs is 1. The van der Waals surface area contributed by atoms with Gasteiger partial charge in [0.05, 0.1) is 23.1 Å². The first-order valence-corrected chi connectivity index (χ1v) is 6.57. The van der Waals surface area contributed by atoms with Crippen molar-refractivity contribution in [3.8, 4) is 11.5 Å². The van der Waals surface area contributed by atoms with Crippen LogP contribution in [0.15, 0.2) is 18.3 Å². The normalized spacial score (nSPS) is 14.7. The fourth-order valence-electron chi connectivity index (χ4n) is 1.87. The van der Waals surface area contributed by atoms with Gasteiger partial charge in [-0.3, -0.25) is 0 Å². The first-order chi connectivity index (χ1) is 9.13. The van der Waals surface area contributed by atoms with E-state index >= 15 is 0 Å². The lowest BCUT2D eigenvalue weighted by atomic mass is 10.2. The van der Waals surface area contributed by atoms with Crippen LogP contribution in [0.4, 0.5) is 0 Å². The zero-order valence-corrected chi connectivity index (χ0v) is 11.6. The minimum atomic E-state index is -0.158. The SMILES string of the molecule is CC(Cl)c1cn(Cc2cc(Cl)c3c(c2)OCO3)nn1. The van der Waals surface area contributed by atoms with Crippen LogP contribution >= 0.6 is 23.2 Å². The third-order valence-electron chi connectivity index (χ3n) is 2.80. The molecule has 1 aromatic carbocycles. The molecule has 100 valence electrons. The third kappa shape index (κ3) is 2.48. The van der Waals surface area contributed by atoms with Crippen molar-refractivity contribution in [3.63, 3.8) is 0 Å². The van der Waals surface area contributed by atoms with Crippen molar-refractivity contribution in [1.82, 2.24) is 15.0 Å². The molecule has 0 amide bonds. The van der Waals surface area contributed by atoms with E-state index in [-0.39, 0.29) is 12.2 Å². The van der Waals surface area contributed by atoms with Gasteiger partial charge in [0.15, 0.2) is 11.5 Å². The summed E-state index contributed by atoms with van der Waals surface area (Å²) in [5.74, 6) is 1.26. The molecule has 0 N–H and O–H groups in total. The molecule has 3 rings (SSSR count). The van der Waals surface area contributed by atoms with Crippen molar-refractivity contribution in [3.05, 3.63) is 34.6 Å². The lowest BCUT2D eigenvalue weighted by Gasteiger charge is -2.04. The van der Waals surface area contributed by atoms with E-state index in [4.69, 9.17) is 32.7 Å². The lowest BCUT2D eigenvalue weighted by Crippen LogP contribution is -2.00. The molecule has 0 radical (unpaired) electrons. The van der Waals surface area contributed by atoms with Gasteiger partial charge in [-0.25, -0.2) is 4.68 Å². The van der Waals surface area contributed by atoms with E-state index in [0.29, 0.717) is 23.1 Å². The standard InChI is InChI=1S/C12H11Cl2N3O2/c1-7(13)10-5-17(16-15-10)4-8-2-9(14)12-11(3-8)18-6-19-12/h2-3,5,7H,4,6H2,1H3. The van der Waals surface area contributed by atoms with Crippen molar-refractivity contribution in [2.75, 3.05) is 6.79 Å². The van der Waals surface area contributed by atoms with Gasteiger partial charge in [-0.05, 0) is 24.6 Å². The Morgan fingerprint density at radius 2 is 2.26 bits per heavy atom. The first-order valence-electron chi connectivity index (χ1n) is 5.75. The molecule has 0 aliphatic carbocycles.